The summed E-state index contributed by atoms with van der Waals surface area (Å²) in [6.07, 6.45) is 2.14. The summed E-state index contributed by atoms with van der Waals surface area (Å²) in [6.45, 7) is 0. The predicted molar refractivity (Wildman–Crippen MR) is 61.5 cm³/mol. The molecule has 2 aromatic rings. The Morgan fingerprint density at radius 2 is 2.06 bits per heavy atom. The third kappa shape index (κ3) is 2.41. The van der Waals surface area contributed by atoms with Gasteiger partial charge >= 0.3 is 10.2 Å². The molecular weight excluding hydrogens is 229 g/mol. The average Bonchev–Trinajstić information content (AvgIpc) is 2.56. The fourth-order valence-corrected chi connectivity index (χ4v) is 2.18. The number of nitrogens with zero attached hydrogens (tertiary/aromatic N) is 1. The van der Waals surface area contributed by atoms with E-state index in [9.17, 15) is 12.3 Å². The molecular formula is C11H12FNO2S. The van der Waals surface area contributed by atoms with Crippen molar-refractivity contribution in [1.29, 1.82) is 0 Å². The van der Waals surface area contributed by atoms with Crippen LogP contribution in [0, 0.1) is 0 Å². The fraction of sp³-hybridized carbons (Fsp3) is 0.273. The average molecular weight is 241 g/mol. The van der Waals surface area contributed by atoms with Gasteiger partial charge in [-0.1, -0.05) is 12.1 Å². The molecule has 5 heteroatoms. The predicted octanol–water partition coefficient (Wildman–Crippen LogP) is 2.02. The summed E-state index contributed by atoms with van der Waals surface area (Å²) >= 11 is 0. The first-order valence-corrected chi connectivity index (χ1v) is 6.47. The third-order valence-electron chi connectivity index (χ3n) is 2.59. The number of hydrogen-bond donors (Lipinski definition) is 0. The first-order chi connectivity index (χ1) is 7.46. The molecule has 0 aliphatic heterocycles. The van der Waals surface area contributed by atoms with Gasteiger partial charge in [-0.3, -0.25) is 0 Å². The van der Waals surface area contributed by atoms with Gasteiger partial charge in [-0.25, -0.2) is 0 Å². The summed E-state index contributed by atoms with van der Waals surface area (Å²) in [5, 5.41) is 1.09. The van der Waals surface area contributed by atoms with E-state index in [1.807, 2.05) is 42.1 Å². The van der Waals surface area contributed by atoms with E-state index in [4.69, 9.17) is 0 Å². The summed E-state index contributed by atoms with van der Waals surface area (Å²) in [5.41, 5.74) is 1.85. The highest BCUT2D eigenvalue weighted by Crippen LogP contribution is 2.17. The molecule has 0 amide bonds. The number of benzene rings is 1. The van der Waals surface area contributed by atoms with Crippen molar-refractivity contribution < 1.29 is 12.3 Å². The van der Waals surface area contributed by atoms with Crippen molar-refractivity contribution in [3.8, 4) is 0 Å². The van der Waals surface area contributed by atoms with Crippen molar-refractivity contribution in [2.75, 3.05) is 5.75 Å². The van der Waals surface area contributed by atoms with E-state index in [0.29, 0.717) is 0 Å². The molecule has 0 N–H and O–H groups in total. The van der Waals surface area contributed by atoms with Crippen LogP contribution in [0.1, 0.15) is 5.56 Å². The van der Waals surface area contributed by atoms with E-state index < -0.39 is 16.0 Å². The van der Waals surface area contributed by atoms with Crippen LogP contribution >= 0.6 is 0 Å². The Bertz CT molecular complexity index is 616. The van der Waals surface area contributed by atoms with Crippen LogP contribution in [0.2, 0.25) is 0 Å². The normalized spacial score (nSPS) is 12.1. The first-order valence-electron chi connectivity index (χ1n) is 4.92. The molecule has 1 aromatic heterocycles. The Morgan fingerprint density at radius 3 is 2.75 bits per heavy atom. The highest BCUT2D eigenvalue weighted by Gasteiger charge is 2.08. The van der Waals surface area contributed by atoms with Gasteiger partial charge in [0.05, 0.1) is 5.75 Å². The highest BCUT2D eigenvalue weighted by molar-refractivity contribution is 7.86. The number of aromatic nitrogens is 1. The van der Waals surface area contributed by atoms with Crippen LogP contribution in [0.3, 0.4) is 0 Å². The molecule has 2 rings (SSSR count). The Balaban J connectivity index is 2.29. The van der Waals surface area contributed by atoms with Gasteiger partial charge in [-0.2, -0.15) is 8.42 Å². The van der Waals surface area contributed by atoms with Crippen molar-refractivity contribution in [2.45, 2.75) is 6.42 Å². The van der Waals surface area contributed by atoms with Crippen molar-refractivity contribution in [3.05, 3.63) is 36.0 Å². The highest BCUT2D eigenvalue weighted by atomic mass is 32.3. The van der Waals surface area contributed by atoms with Gasteiger partial charge in [0, 0.05) is 18.8 Å². The van der Waals surface area contributed by atoms with Crippen LogP contribution in [-0.4, -0.2) is 18.7 Å². The molecule has 0 radical (unpaired) electrons. The topological polar surface area (TPSA) is 39.1 Å². The molecule has 3 nitrogen and oxygen atoms in total. The maximum absolute atomic E-state index is 12.4. The number of rotatable bonds is 3. The molecule has 0 unspecified atom stereocenters. The quantitative estimate of drug-likeness (QED) is 0.771. The van der Waals surface area contributed by atoms with Crippen LogP contribution in [-0.2, 0) is 23.7 Å². The summed E-state index contributed by atoms with van der Waals surface area (Å²) in [5.74, 6) is -0.455. The SMILES string of the molecule is Cn1ccc2ccc(CCS(=O)(=O)F)cc21. The van der Waals surface area contributed by atoms with Gasteiger partial charge in [-0.05, 0) is 29.5 Å². The Kier molecular flexibility index (Phi) is 2.71. The van der Waals surface area contributed by atoms with Crippen LogP contribution in [0.5, 0.6) is 0 Å². The Labute approximate surface area is 93.7 Å². The van der Waals surface area contributed by atoms with Crippen LogP contribution < -0.4 is 0 Å². The lowest BCUT2D eigenvalue weighted by molar-refractivity contribution is 0.551. The zero-order chi connectivity index (χ0) is 11.8. The standard InChI is InChI=1S/C11H12FNO2S/c1-13-6-4-10-3-2-9(8-11(10)13)5-7-16(12,14)15/h2-4,6,8H,5,7H2,1H3. The fourth-order valence-electron chi connectivity index (χ4n) is 1.70. The number of fused-ring (bicyclic) bond motifs is 1. The molecule has 0 atom stereocenters. The van der Waals surface area contributed by atoms with Gasteiger partial charge in [-0.15, -0.1) is 3.89 Å². The lowest BCUT2D eigenvalue weighted by Gasteiger charge is -2.01. The second-order valence-corrected chi connectivity index (χ2v) is 5.30. The molecule has 16 heavy (non-hydrogen) atoms. The molecule has 1 heterocycles. The number of hydrogen-bond acceptors (Lipinski definition) is 2. The number of aryl methyl sites for hydroxylation is 2. The maximum atomic E-state index is 12.4. The zero-order valence-electron chi connectivity index (χ0n) is 8.85. The lowest BCUT2D eigenvalue weighted by atomic mass is 10.1. The van der Waals surface area contributed by atoms with Crippen molar-refractivity contribution in [1.82, 2.24) is 4.57 Å². The number of halogens is 1. The summed E-state index contributed by atoms with van der Waals surface area (Å²) in [4.78, 5) is 0. The molecule has 0 aliphatic rings. The third-order valence-corrected chi connectivity index (χ3v) is 3.28. The molecule has 0 aliphatic carbocycles. The first kappa shape index (κ1) is 11.1. The van der Waals surface area contributed by atoms with Gasteiger partial charge in [0.25, 0.3) is 0 Å². The molecule has 1 aromatic carbocycles. The monoisotopic (exact) mass is 241 g/mol. The summed E-state index contributed by atoms with van der Waals surface area (Å²) in [7, 11) is -2.46. The van der Waals surface area contributed by atoms with E-state index in [2.05, 4.69) is 0 Å². The largest absolute Gasteiger partial charge is 0.351 e. The van der Waals surface area contributed by atoms with Crippen LogP contribution in [0.25, 0.3) is 10.9 Å². The van der Waals surface area contributed by atoms with E-state index in [0.717, 1.165) is 16.5 Å². The van der Waals surface area contributed by atoms with Gasteiger partial charge in [0.15, 0.2) is 0 Å². The van der Waals surface area contributed by atoms with E-state index in [1.54, 1.807) is 0 Å². The maximum Gasteiger partial charge on any atom is 0.302 e. The molecule has 0 saturated heterocycles. The lowest BCUT2D eigenvalue weighted by Crippen LogP contribution is -2.02. The van der Waals surface area contributed by atoms with Crippen LogP contribution in [0.15, 0.2) is 30.5 Å². The van der Waals surface area contributed by atoms with Gasteiger partial charge in [0.2, 0.25) is 0 Å². The summed E-state index contributed by atoms with van der Waals surface area (Å²) < 4.78 is 35.1. The Hall–Kier alpha value is -1.36. The van der Waals surface area contributed by atoms with E-state index >= 15 is 0 Å². The molecule has 86 valence electrons. The van der Waals surface area contributed by atoms with Crippen molar-refractivity contribution in [3.63, 3.8) is 0 Å². The second-order valence-electron chi connectivity index (χ2n) is 3.81. The zero-order valence-corrected chi connectivity index (χ0v) is 9.67. The second kappa shape index (κ2) is 3.90. The minimum absolute atomic E-state index is 0.208. The minimum Gasteiger partial charge on any atom is -0.351 e. The Morgan fingerprint density at radius 1 is 1.31 bits per heavy atom. The molecule has 0 bridgehead atoms. The van der Waals surface area contributed by atoms with Crippen molar-refractivity contribution in [2.24, 2.45) is 7.05 Å². The summed E-state index contributed by atoms with van der Waals surface area (Å²) in [6, 6.07) is 7.61. The van der Waals surface area contributed by atoms with Crippen molar-refractivity contribution >= 4 is 21.1 Å². The molecule has 0 saturated carbocycles. The van der Waals surface area contributed by atoms with E-state index in [-0.39, 0.29) is 6.42 Å². The van der Waals surface area contributed by atoms with Crippen LogP contribution in [0.4, 0.5) is 3.89 Å². The van der Waals surface area contributed by atoms with Gasteiger partial charge < -0.3 is 4.57 Å². The van der Waals surface area contributed by atoms with E-state index in [1.165, 1.54) is 0 Å². The molecule has 0 spiro atoms. The van der Waals surface area contributed by atoms with Gasteiger partial charge in [0.1, 0.15) is 0 Å². The smallest absolute Gasteiger partial charge is 0.302 e. The molecule has 0 fully saturated rings. The minimum atomic E-state index is -4.38.